The van der Waals surface area contributed by atoms with Gasteiger partial charge in [-0.15, -0.1) is 0 Å². The molecule has 0 aromatic rings. The van der Waals surface area contributed by atoms with Gasteiger partial charge in [-0.05, 0) is 53.7 Å². The van der Waals surface area contributed by atoms with Crippen molar-refractivity contribution in [3.8, 4) is 0 Å². The maximum Gasteiger partial charge on any atom is 0.370 e. The van der Waals surface area contributed by atoms with Gasteiger partial charge >= 0.3 is 11.9 Å². The molecule has 4 rings (SSSR count). The molecule has 0 spiro atoms. The lowest BCUT2D eigenvalue weighted by molar-refractivity contribution is -0.254. The van der Waals surface area contributed by atoms with E-state index in [1.54, 1.807) is 9.44 Å². The Morgan fingerprint density at radius 1 is 0.538 bits per heavy atom. The molecular formula is C36H61N2O35S5-5. The molecule has 0 aliphatic carbocycles. The van der Waals surface area contributed by atoms with E-state index in [0.29, 0.717) is 6.08 Å². The molecule has 4 heterocycles. The van der Waals surface area contributed by atoms with Crippen LogP contribution in [0.2, 0.25) is 0 Å². The zero-order valence-electron chi connectivity index (χ0n) is 42.0. The second kappa shape index (κ2) is 25.6. The zero-order valence-corrected chi connectivity index (χ0v) is 46.0. The summed E-state index contributed by atoms with van der Waals surface area (Å²) >= 11 is 0. The first-order valence-electron chi connectivity index (χ1n) is 21.4. The van der Waals surface area contributed by atoms with Gasteiger partial charge in [0, 0.05) is 10.8 Å². The summed E-state index contributed by atoms with van der Waals surface area (Å²) in [5.41, 5.74) is -10.9. The maximum atomic E-state index is 11.4. The number of hydrogen-bond acceptors (Lipinski definition) is 31. The van der Waals surface area contributed by atoms with Crippen LogP contribution in [-0.4, -0.2) is 246 Å². The van der Waals surface area contributed by atoms with Gasteiger partial charge < -0.3 is 97.9 Å². The van der Waals surface area contributed by atoms with Crippen molar-refractivity contribution >= 4 is 63.7 Å². The fraction of sp³-hybridized carbons (Fsp3) is 0.833. The van der Waals surface area contributed by atoms with Crippen molar-refractivity contribution in [2.24, 2.45) is 10.8 Å². The predicted octanol–water partition coefficient (Wildman–Crippen LogP) is -8.32. The first-order valence-corrected chi connectivity index (χ1v) is 28.2. The first kappa shape index (κ1) is 72.9. The number of aliphatic hydroxyl groups is 5. The lowest BCUT2D eigenvalue weighted by Gasteiger charge is -2.55. The van der Waals surface area contributed by atoms with Crippen molar-refractivity contribution < 1.29 is 162 Å². The summed E-state index contributed by atoms with van der Waals surface area (Å²) in [5, 5.41) is 71.2. The highest BCUT2D eigenvalue weighted by Crippen LogP contribution is 2.45. The molecule has 4 aliphatic heterocycles. The summed E-state index contributed by atoms with van der Waals surface area (Å²) in [6.07, 6.45) is -12.6. The molecule has 14 atom stereocenters. The highest BCUT2D eigenvalue weighted by atomic mass is 32.3. The molecule has 4 aliphatic rings. The lowest BCUT2D eigenvalue weighted by Crippen LogP contribution is -2.71. The monoisotopic (exact) mass is 1240 g/mol. The predicted molar refractivity (Wildman–Crippen MR) is 243 cm³/mol. The van der Waals surface area contributed by atoms with Crippen LogP contribution in [0.1, 0.15) is 55.4 Å². The van der Waals surface area contributed by atoms with E-state index in [0.717, 1.165) is 13.0 Å². The van der Waals surface area contributed by atoms with Crippen molar-refractivity contribution in [1.29, 1.82) is 0 Å². The summed E-state index contributed by atoms with van der Waals surface area (Å²) in [6, 6.07) is -3.24. The van der Waals surface area contributed by atoms with Gasteiger partial charge in [0.25, 0.3) is 0 Å². The first-order chi connectivity index (χ1) is 33.9. The van der Waals surface area contributed by atoms with Crippen LogP contribution in [0, 0.1) is 10.8 Å². The Balaban J connectivity index is 0.000000764. The number of ether oxygens (including phenoxy) is 6. The Bertz CT molecular complexity index is 2750. The summed E-state index contributed by atoms with van der Waals surface area (Å²) in [5.74, 6) is -4.75. The molecule has 42 heteroatoms. The van der Waals surface area contributed by atoms with Crippen molar-refractivity contribution in [2.45, 2.75) is 139 Å². The highest BCUT2D eigenvalue weighted by molar-refractivity contribution is 7.84. The Labute approximate surface area is 446 Å². The maximum absolute atomic E-state index is 11.4. The Morgan fingerprint density at radius 3 is 1.19 bits per heavy atom. The third-order valence-electron chi connectivity index (χ3n) is 12.6. The Hall–Kier alpha value is -3.07. The molecule has 0 aromatic carbocycles. The molecule has 0 radical (unpaired) electrons. The molecule has 0 bridgehead atoms. The van der Waals surface area contributed by atoms with E-state index >= 15 is 0 Å². The van der Waals surface area contributed by atoms with E-state index in [9.17, 15) is 105 Å². The van der Waals surface area contributed by atoms with Crippen molar-refractivity contribution in [3.05, 3.63) is 23.7 Å². The van der Waals surface area contributed by atoms with Gasteiger partial charge in [-0.2, -0.15) is 0 Å². The largest absolute Gasteiger partial charge is 0.735 e. The van der Waals surface area contributed by atoms with Gasteiger partial charge in [0.15, 0.2) is 31.8 Å². The van der Waals surface area contributed by atoms with Gasteiger partial charge in [-0.25, -0.2) is 61.1 Å². The summed E-state index contributed by atoms with van der Waals surface area (Å²) in [4.78, 5) is 22.7. The smallest absolute Gasteiger partial charge is 0.370 e. The number of carbonyl (C=O) groups is 2. The molecular weight excluding hydrogens is 1180 g/mol. The summed E-state index contributed by atoms with van der Waals surface area (Å²) in [6.45, 7) is 5.00. The normalized spacial score (nSPS) is 35.1. The van der Waals surface area contributed by atoms with Crippen LogP contribution in [0.4, 0.5) is 0 Å². The summed E-state index contributed by atoms with van der Waals surface area (Å²) < 4.78 is 218. The third-order valence-corrected chi connectivity index (χ3v) is 14.9. The molecule has 37 nitrogen and oxygen atoms in total. The van der Waals surface area contributed by atoms with Gasteiger partial charge in [0.1, 0.15) is 24.4 Å². The number of carboxylic acids is 2. The molecule has 2 fully saturated rings. The minimum Gasteiger partial charge on any atom is -0.735 e. The van der Waals surface area contributed by atoms with Crippen molar-refractivity contribution in [1.82, 2.24) is 9.44 Å². The van der Waals surface area contributed by atoms with Crippen molar-refractivity contribution in [2.75, 3.05) is 39.6 Å². The fourth-order valence-electron chi connectivity index (χ4n) is 8.46. The van der Waals surface area contributed by atoms with Crippen LogP contribution in [0.25, 0.3) is 0 Å². The third kappa shape index (κ3) is 19.3. The van der Waals surface area contributed by atoms with Crippen LogP contribution in [0.5, 0.6) is 0 Å². The van der Waals surface area contributed by atoms with E-state index in [-0.39, 0.29) is 11.0 Å². The van der Waals surface area contributed by atoms with Gasteiger partial charge in [0.2, 0.25) is 42.7 Å². The number of nitrogens with one attached hydrogen (secondary N) is 2. The zero-order chi connectivity index (χ0) is 59.0. The molecule has 13 N–H and O–H groups in total. The van der Waals surface area contributed by atoms with E-state index in [4.69, 9.17) is 33.5 Å². The Kier molecular flexibility index (Phi) is 23.9. The number of aliphatic hydroxyl groups excluding tert-OH is 5. The minimum absolute atomic E-state index is 0. The molecule has 460 valence electrons. The Morgan fingerprint density at radius 2 is 0.872 bits per heavy atom. The molecule has 0 aromatic heterocycles. The molecule has 6 unspecified atom stereocenters. The van der Waals surface area contributed by atoms with Gasteiger partial charge in [0.05, 0.1) is 87.3 Å². The number of carboxylic acid groups (broad SMARTS) is 2. The second-order valence-corrected chi connectivity index (χ2v) is 25.0. The quantitative estimate of drug-likeness (QED) is 0.0359. The average Bonchev–Trinajstić information content (AvgIpc) is 3.22. The van der Waals surface area contributed by atoms with Gasteiger partial charge in [-0.1, -0.05) is 13.8 Å². The second-order valence-electron chi connectivity index (χ2n) is 19.6. The SMILES string of the molecule is CC1(C)OC(COS(=O)(=O)[O-])[C@@](C)(COC[C@@]2(C)OC(C(=O)O)=C[C@@H](O)C2O)[C@@H](O)C1NS(=O)(=O)[O-].CC1(C)OC(COS(=O)(=O)[O-])[C@@](C)(COC[C@@]2(C)OC(C(=O)O)=C[C@@H](O)C2OS(=O)(=O)[O-])[C@@H](O)C1NS(=O)(=O)[O-].O.O. The van der Waals surface area contributed by atoms with Crippen LogP contribution in [-0.2, 0) is 102 Å². The topological polar surface area (TPSA) is 632 Å². The molecule has 0 saturated carbocycles. The number of hydrogen-bond donors (Lipinski definition) is 9. The van der Waals surface area contributed by atoms with Crippen LogP contribution < -0.4 is 9.44 Å². The molecule has 78 heavy (non-hydrogen) atoms. The number of aliphatic carboxylic acids is 2. The molecule has 0 amide bonds. The van der Waals surface area contributed by atoms with E-state index in [2.05, 4.69) is 12.5 Å². The van der Waals surface area contributed by atoms with E-state index in [1.165, 1.54) is 48.5 Å². The van der Waals surface area contributed by atoms with E-state index in [1.807, 2.05) is 0 Å². The summed E-state index contributed by atoms with van der Waals surface area (Å²) in [7, 11) is -26.3. The van der Waals surface area contributed by atoms with Crippen LogP contribution in [0.3, 0.4) is 0 Å². The lowest BCUT2D eigenvalue weighted by atomic mass is 9.70. The van der Waals surface area contributed by atoms with Crippen molar-refractivity contribution in [3.63, 3.8) is 0 Å². The van der Waals surface area contributed by atoms with Crippen LogP contribution >= 0.6 is 0 Å². The standard InChI is InChI=1S/C18H31NO18S3.C18H31NO15S2.2H2O/c1-16(2)12(19-38(24,25)26)13(21)17(3,11(36-16)6-34-39(27,28)29)7-33-8-18(4)14(37-40(30,31)32)9(20)5-10(35-18)15(22)23;1-16(2)12(19-35(25,26)27)14(22)17(3,11(34-16)6-32-36(28,29)30)7-31-8-18(4)13(21)9(20)5-10(33-18)15(23)24;;/h5,9,11-14,19-21H,6-8H2,1-4H3,(H,22,23)(H,24,25,26)(H,27,28,29)(H,30,31,32);5,9,11-14,19-22H,6-8H2,1-4H3,(H,23,24)(H,25,26,27)(H,28,29,30);2*1H2/p-5/t9-,11?,12?,13+,14?,17-,18-;9-,11?,12?,13?,14+,17-,18-;;/m11../s1. The molecule has 2 saturated heterocycles. The van der Waals surface area contributed by atoms with E-state index < -0.39 is 209 Å². The fourth-order valence-corrected chi connectivity index (χ4v) is 11.1. The number of rotatable bonds is 22. The minimum atomic E-state index is -5.48. The average molecular weight is 1240 g/mol. The highest BCUT2D eigenvalue weighted by Gasteiger charge is 2.59. The van der Waals surface area contributed by atoms with Gasteiger partial charge in [-0.3, -0.25) is 12.5 Å². The van der Waals surface area contributed by atoms with Crippen LogP contribution in [0.15, 0.2) is 23.7 Å².